The Kier molecular flexibility index (Phi) is 6.73. The molecule has 10 nitrogen and oxygen atoms in total. The van der Waals surface area contributed by atoms with Crippen LogP contribution in [0.1, 0.15) is 27.1 Å². The Morgan fingerprint density at radius 2 is 1.90 bits per heavy atom. The van der Waals surface area contributed by atoms with Gasteiger partial charge in [0.25, 0.3) is 11.6 Å². The first-order chi connectivity index (χ1) is 14.9. The molecule has 3 aromatic rings. The van der Waals surface area contributed by atoms with Crippen molar-refractivity contribution in [2.45, 2.75) is 6.42 Å². The van der Waals surface area contributed by atoms with E-state index in [0.717, 1.165) is 0 Å². The molecule has 0 atom stereocenters. The molecular weight excluding hydrogens is 408 g/mol. The molecule has 31 heavy (non-hydrogen) atoms. The van der Waals surface area contributed by atoms with Crippen molar-refractivity contribution in [3.63, 3.8) is 0 Å². The molecular formula is C21H18N2O8. The van der Waals surface area contributed by atoms with Crippen molar-refractivity contribution in [1.82, 2.24) is 5.32 Å². The number of carbonyl (C=O) groups excluding carboxylic acids is 2. The van der Waals surface area contributed by atoms with Crippen molar-refractivity contribution in [2.24, 2.45) is 0 Å². The van der Waals surface area contributed by atoms with E-state index in [0.29, 0.717) is 25.0 Å². The lowest BCUT2D eigenvalue weighted by Gasteiger charge is -2.07. The molecule has 1 heterocycles. The van der Waals surface area contributed by atoms with E-state index < -0.39 is 22.4 Å². The number of nitrogens with one attached hydrogen (secondary N) is 1. The van der Waals surface area contributed by atoms with Crippen molar-refractivity contribution < 1.29 is 28.4 Å². The Labute approximate surface area is 175 Å². The maximum absolute atomic E-state index is 12.4. The molecule has 0 unspecified atom stereocenters. The molecule has 0 aliphatic rings. The summed E-state index contributed by atoms with van der Waals surface area (Å²) in [5, 5.41) is 14.1. The third-order valence-corrected chi connectivity index (χ3v) is 4.29. The summed E-state index contributed by atoms with van der Waals surface area (Å²) in [5.41, 5.74) is -1.52. The van der Waals surface area contributed by atoms with Gasteiger partial charge in [-0.2, -0.15) is 0 Å². The van der Waals surface area contributed by atoms with Gasteiger partial charge in [-0.05, 0) is 30.7 Å². The predicted molar refractivity (Wildman–Crippen MR) is 109 cm³/mol. The first kappa shape index (κ1) is 21.7. The molecule has 160 valence electrons. The highest BCUT2D eigenvalue weighted by atomic mass is 16.6. The second kappa shape index (κ2) is 9.63. The lowest BCUT2D eigenvalue weighted by Crippen LogP contribution is -2.29. The first-order valence-corrected chi connectivity index (χ1v) is 9.21. The molecule has 1 aromatic heterocycles. The molecule has 0 radical (unpaired) electrons. The quantitative estimate of drug-likeness (QED) is 0.145. The normalized spacial score (nSPS) is 10.6. The molecule has 0 bridgehead atoms. The molecule has 2 aromatic carbocycles. The van der Waals surface area contributed by atoms with Crippen LogP contribution in [0.5, 0.6) is 5.75 Å². The molecule has 3 rings (SSSR count). The van der Waals surface area contributed by atoms with Gasteiger partial charge in [0.15, 0.2) is 0 Å². The minimum absolute atomic E-state index is 0.0237. The summed E-state index contributed by atoms with van der Waals surface area (Å²) >= 11 is 0. The van der Waals surface area contributed by atoms with Gasteiger partial charge in [0.05, 0.1) is 4.92 Å². The van der Waals surface area contributed by atoms with E-state index in [-0.39, 0.29) is 28.1 Å². The minimum atomic E-state index is -0.930. The Bertz CT molecular complexity index is 1200. The fourth-order valence-corrected chi connectivity index (χ4v) is 2.79. The number of benzene rings is 2. The average Bonchev–Trinajstić information content (AvgIpc) is 2.76. The molecule has 10 heteroatoms. The highest BCUT2D eigenvalue weighted by Gasteiger charge is 2.21. The Balaban J connectivity index is 1.81. The third kappa shape index (κ3) is 5.11. The topological polar surface area (TPSA) is 138 Å². The number of nitrogens with zero attached hydrogens (tertiary/aromatic N) is 1. The van der Waals surface area contributed by atoms with E-state index in [9.17, 15) is 24.5 Å². The summed E-state index contributed by atoms with van der Waals surface area (Å²) in [4.78, 5) is 47.2. The summed E-state index contributed by atoms with van der Waals surface area (Å²) in [5.74, 6) is -1.48. The van der Waals surface area contributed by atoms with Crippen molar-refractivity contribution in [2.75, 3.05) is 20.3 Å². The van der Waals surface area contributed by atoms with Crippen LogP contribution in [-0.4, -0.2) is 37.1 Å². The predicted octanol–water partition coefficient (Wildman–Crippen LogP) is 2.69. The van der Waals surface area contributed by atoms with Gasteiger partial charge in [-0.3, -0.25) is 14.9 Å². The summed E-state index contributed by atoms with van der Waals surface area (Å²) in [6.45, 7) is 0.810. The van der Waals surface area contributed by atoms with Crippen molar-refractivity contribution in [3.05, 3.63) is 80.2 Å². The number of carbonyl (C=O) groups is 2. The number of para-hydroxylation sites is 1. The highest BCUT2D eigenvalue weighted by Crippen LogP contribution is 2.24. The van der Waals surface area contributed by atoms with Gasteiger partial charge in [-0.15, -0.1) is 0 Å². The van der Waals surface area contributed by atoms with E-state index in [4.69, 9.17) is 13.9 Å². The second-order valence-electron chi connectivity index (χ2n) is 6.41. The van der Waals surface area contributed by atoms with E-state index in [1.54, 1.807) is 7.11 Å². The number of hydrogen-bond donors (Lipinski definition) is 1. The highest BCUT2D eigenvalue weighted by molar-refractivity contribution is 5.97. The maximum atomic E-state index is 12.4. The van der Waals surface area contributed by atoms with Gasteiger partial charge in [0.2, 0.25) is 0 Å². The number of rotatable bonds is 8. The summed E-state index contributed by atoms with van der Waals surface area (Å²) in [6.07, 6.45) is 0.593. The largest absolute Gasteiger partial charge is 0.423 e. The maximum Gasteiger partial charge on any atom is 0.350 e. The van der Waals surface area contributed by atoms with Crippen LogP contribution in [0.15, 0.2) is 57.7 Å². The number of nitro benzene ring substituents is 1. The average molecular weight is 426 g/mol. The zero-order valence-corrected chi connectivity index (χ0v) is 16.5. The van der Waals surface area contributed by atoms with Crippen LogP contribution >= 0.6 is 0 Å². The molecule has 0 aliphatic heterocycles. The number of ether oxygens (including phenoxy) is 2. The number of nitro groups is 1. The van der Waals surface area contributed by atoms with Crippen LogP contribution in [0.25, 0.3) is 11.0 Å². The SMILES string of the molecule is COCCCNC(=O)c1cc2ccc(OC(=O)c3ccccc3[N+](=O)[O-])cc2oc1=O. The molecule has 0 saturated carbocycles. The number of fused-ring (bicyclic) bond motifs is 1. The van der Waals surface area contributed by atoms with Gasteiger partial charge < -0.3 is 19.2 Å². The van der Waals surface area contributed by atoms with Gasteiger partial charge in [-0.25, -0.2) is 9.59 Å². The van der Waals surface area contributed by atoms with Gasteiger partial charge in [0, 0.05) is 37.8 Å². The van der Waals surface area contributed by atoms with E-state index in [1.807, 2.05) is 0 Å². The number of hydrogen-bond acceptors (Lipinski definition) is 8. The lowest BCUT2D eigenvalue weighted by atomic mass is 10.1. The van der Waals surface area contributed by atoms with Crippen molar-refractivity contribution in [3.8, 4) is 5.75 Å². The summed E-state index contributed by atoms with van der Waals surface area (Å²) in [6, 6.07) is 11.0. The Hall–Kier alpha value is -4.05. The van der Waals surface area contributed by atoms with E-state index in [1.165, 1.54) is 48.5 Å². The number of methoxy groups -OCH3 is 1. The first-order valence-electron chi connectivity index (χ1n) is 9.21. The molecule has 1 amide bonds. The van der Waals surface area contributed by atoms with Crippen LogP contribution in [-0.2, 0) is 4.74 Å². The lowest BCUT2D eigenvalue weighted by molar-refractivity contribution is -0.385. The molecule has 0 fully saturated rings. The Morgan fingerprint density at radius 3 is 2.65 bits per heavy atom. The Morgan fingerprint density at radius 1 is 1.13 bits per heavy atom. The van der Waals surface area contributed by atoms with Gasteiger partial charge >= 0.3 is 11.6 Å². The van der Waals surface area contributed by atoms with Crippen LogP contribution in [0, 0.1) is 10.1 Å². The number of esters is 1. The zero-order chi connectivity index (χ0) is 22.4. The smallest absolute Gasteiger partial charge is 0.350 e. The summed E-state index contributed by atoms with van der Waals surface area (Å²) < 4.78 is 15.3. The van der Waals surface area contributed by atoms with Crippen molar-refractivity contribution in [1.29, 1.82) is 0 Å². The van der Waals surface area contributed by atoms with Crippen LogP contribution in [0.3, 0.4) is 0 Å². The monoisotopic (exact) mass is 426 g/mol. The fourth-order valence-electron chi connectivity index (χ4n) is 2.79. The molecule has 0 saturated heterocycles. The zero-order valence-electron chi connectivity index (χ0n) is 16.5. The van der Waals surface area contributed by atoms with E-state index >= 15 is 0 Å². The van der Waals surface area contributed by atoms with Crippen LogP contribution < -0.4 is 15.7 Å². The van der Waals surface area contributed by atoms with Gasteiger partial charge in [0.1, 0.15) is 22.5 Å². The van der Waals surface area contributed by atoms with E-state index in [2.05, 4.69) is 5.32 Å². The minimum Gasteiger partial charge on any atom is -0.423 e. The summed E-state index contributed by atoms with van der Waals surface area (Å²) in [7, 11) is 1.55. The van der Waals surface area contributed by atoms with Crippen LogP contribution in [0.2, 0.25) is 0 Å². The molecule has 0 aliphatic carbocycles. The molecule has 0 spiro atoms. The standard InChI is InChI=1S/C21H18N2O8/c1-29-10-4-9-22-19(24)16-11-13-7-8-14(12-18(13)31-21(16)26)30-20(25)15-5-2-3-6-17(15)23(27)28/h2-3,5-8,11-12H,4,9-10H2,1H3,(H,22,24). The fraction of sp³-hybridized carbons (Fsp3) is 0.190. The molecule has 1 N–H and O–H groups in total. The third-order valence-electron chi connectivity index (χ3n) is 4.29. The van der Waals surface area contributed by atoms with Gasteiger partial charge in [-0.1, -0.05) is 12.1 Å². The second-order valence-corrected chi connectivity index (χ2v) is 6.41. The van der Waals surface area contributed by atoms with Crippen molar-refractivity contribution >= 4 is 28.5 Å². The number of amides is 1. The van der Waals surface area contributed by atoms with Crippen LogP contribution in [0.4, 0.5) is 5.69 Å².